The second-order valence-electron chi connectivity index (χ2n) is 5.18. The van der Waals surface area contributed by atoms with Crippen LogP contribution < -0.4 is 9.62 Å². The van der Waals surface area contributed by atoms with Crippen molar-refractivity contribution in [2.24, 2.45) is 0 Å². The highest BCUT2D eigenvalue weighted by Gasteiger charge is 2.29. The number of anilines is 2. The third kappa shape index (κ3) is 4.24. The fourth-order valence-electron chi connectivity index (χ4n) is 2.22. The molecule has 1 unspecified atom stereocenters. The van der Waals surface area contributed by atoms with Crippen molar-refractivity contribution in [3.63, 3.8) is 0 Å². The molecule has 1 atom stereocenters. The van der Waals surface area contributed by atoms with E-state index >= 15 is 0 Å². The minimum Gasteiger partial charge on any atom is -0.323 e. The van der Waals surface area contributed by atoms with E-state index in [1.54, 1.807) is 24.3 Å². The van der Waals surface area contributed by atoms with Gasteiger partial charge in [-0.1, -0.05) is 29.8 Å². The standard InChI is InChI=1S/C16H16ClFN2O3S/c1-11(16(21)19-15-9-4-3-8-14(15)17)20(24(2,22)23)13-7-5-6-12(18)10-13/h3-11H,1-2H3,(H,19,21). The molecule has 0 radical (unpaired) electrons. The zero-order valence-electron chi connectivity index (χ0n) is 13.0. The Morgan fingerprint density at radius 3 is 2.46 bits per heavy atom. The van der Waals surface area contributed by atoms with Crippen LogP contribution in [0.3, 0.4) is 0 Å². The van der Waals surface area contributed by atoms with Gasteiger partial charge in [-0.25, -0.2) is 12.8 Å². The molecule has 0 aromatic heterocycles. The van der Waals surface area contributed by atoms with Gasteiger partial charge in [0.1, 0.15) is 11.9 Å². The highest BCUT2D eigenvalue weighted by atomic mass is 35.5. The van der Waals surface area contributed by atoms with Crippen LogP contribution in [0.5, 0.6) is 0 Å². The Morgan fingerprint density at radius 2 is 1.88 bits per heavy atom. The second-order valence-corrected chi connectivity index (χ2v) is 7.45. The predicted molar refractivity (Wildman–Crippen MR) is 93.3 cm³/mol. The first kappa shape index (κ1) is 18.2. The summed E-state index contributed by atoms with van der Waals surface area (Å²) in [5, 5.41) is 2.90. The Bertz CT molecular complexity index is 858. The van der Waals surface area contributed by atoms with E-state index in [-0.39, 0.29) is 5.69 Å². The molecule has 0 bridgehead atoms. The lowest BCUT2D eigenvalue weighted by atomic mass is 10.2. The van der Waals surface area contributed by atoms with Crippen LogP contribution in [0.1, 0.15) is 6.92 Å². The molecule has 0 saturated carbocycles. The summed E-state index contributed by atoms with van der Waals surface area (Å²) in [6, 6.07) is 10.5. The van der Waals surface area contributed by atoms with Crippen molar-refractivity contribution in [3.8, 4) is 0 Å². The SMILES string of the molecule is CC(C(=O)Nc1ccccc1Cl)N(c1cccc(F)c1)S(C)(=O)=O. The van der Waals surface area contributed by atoms with Gasteiger partial charge in [-0.05, 0) is 37.3 Å². The molecule has 0 saturated heterocycles. The number of nitrogens with zero attached hydrogens (tertiary/aromatic N) is 1. The fraction of sp³-hybridized carbons (Fsp3) is 0.188. The normalized spacial score (nSPS) is 12.5. The summed E-state index contributed by atoms with van der Waals surface area (Å²) in [7, 11) is -3.81. The van der Waals surface area contributed by atoms with Crippen molar-refractivity contribution >= 4 is 38.9 Å². The van der Waals surface area contributed by atoms with Crippen molar-refractivity contribution in [3.05, 3.63) is 59.4 Å². The molecule has 5 nitrogen and oxygen atoms in total. The van der Waals surface area contributed by atoms with Gasteiger partial charge in [0.15, 0.2) is 0 Å². The number of carbonyl (C=O) groups excluding carboxylic acids is 1. The smallest absolute Gasteiger partial charge is 0.248 e. The molecule has 8 heteroatoms. The highest BCUT2D eigenvalue weighted by Crippen LogP contribution is 2.24. The van der Waals surface area contributed by atoms with Crippen LogP contribution in [0.15, 0.2) is 48.5 Å². The number of halogens is 2. The number of sulfonamides is 1. The number of hydrogen-bond acceptors (Lipinski definition) is 3. The van der Waals surface area contributed by atoms with Gasteiger partial charge in [-0.2, -0.15) is 0 Å². The molecule has 0 aliphatic heterocycles. The van der Waals surface area contributed by atoms with Gasteiger partial charge in [0.05, 0.1) is 22.7 Å². The summed E-state index contributed by atoms with van der Waals surface area (Å²) in [6.07, 6.45) is 0.956. The van der Waals surface area contributed by atoms with E-state index in [4.69, 9.17) is 11.6 Å². The van der Waals surface area contributed by atoms with Crippen LogP contribution in [0.4, 0.5) is 15.8 Å². The number of carbonyl (C=O) groups is 1. The first-order valence-electron chi connectivity index (χ1n) is 7.00. The monoisotopic (exact) mass is 370 g/mol. The molecule has 2 aromatic rings. The maximum absolute atomic E-state index is 13.4. The fourth-order valence-corrected chi connectivity index (χ4v) is 3.57. The predicted octanol–water partition coefficient (Wildman–Crippen LogP) is 3.27. The third-order valence-corrected chi connectivity index (χ3v) is 4.85. The second kappa shape index (κ2) is 7.19. The zero-order valence-corrected chi connectivity index (χ0v) is 14.6. The van der Waals surface area contributed by atoms with Crippen LogP contribution >= 0.6 is 11.6 Å². The lowest BCUT2D eigenvalue weighted by Gasteiger charge is -2.28. The van der Waals surface area contributed by atoms with E-state index in [0.717, 1.165) is 16.6 Å². The third-order valence-electron chi connectivity index (χ3n) is 3.28. The molecule has 1 amide bonds. The molecule has 24 heavy (non-hydrogen) atoms. The number of para-hydroxylation sites is 1. The van der Waals surface area contributed by atoms with Gasteiger partial charge < -0.3 is 5.32 Å². The molecule has 0 fully saturated rings. The average molecular weight is 371 g/mol. The zero-order chi connectivity index (χ0) is 17.9. The summed E-state index contributed by atoms with van der Waals surface area (Å²) < 4.78 is 38.5. The number of benzene rings is 2. The van der Waals surface area contributed by atoms with E-state index in [0.29, 0.717) is 10.7 Å². The van der Waals surface area contributed by atoms with Crippen LogP contribution in [0.2, 0.25) is 5.02 Å². The van der Waals surface area contributed by atoms with Crippen molar-refractivity contribution < 1.29 is 17.6 Å². The molecule has 2 aromatic carbocycles. The molecule has 2 rings (SSSR count). The molecule has 0 heterocycles. The summed E-state index contributed by atoms with van der Waals surface area (Å²) in [5.74, 6) is -1.18. The largest absolute Gasteiger partial charge is 0.323 e. The minimum atomic E-state index is -3.81. The lowest BCUT2D eigenvalue weighted by Crippen LogP contribution is -2.45. The van der Waals surface area contributed by atoms with Crippen molar-refractivity contribution in [2.75, 3.05) is 15.9 Å². The van der Waals surface area contributed by atoms with Gasteiger partial charge in [0, 0.05) is 0 Å². The number of amides is 1. The molecule has 0 aliphatic rings. The number of hydrogen-bond donors (Lipinski definition) is 1. The maximum atomic E-state index is 13.4. The van der Waals surface area contributed by atoms with Crippen LogP contribution in [-0.2, 0) is 14.8 Å². The Kier molecular flexibility index (Phi) is 5.46. The molecule has 128 valence electrons. The van der Waals surface area contributed by atoms with Gasteiger partial charge in [0.2, 0.25) is 15.9 Å². The van der Waals surface area contributed by atoms with Crippen LogP contribution in [0.25, 0.3) is 0 Å². The first-order valence-corrected chi connectivity index (χ1v) is 9.23. The van der Waals surface area contributed by atoms with Crippen LogP contribution in [0, 0.1) is 5.82 Å². The maximum Gasteiger partial charge on any atom is 0.248 e. The summed E-state index contributed by atoms with van der Waals surface area (Å²) >= 11 is 5.98. The lowest BCUT2D eigenvalue weighted by molar-refractivity contribution is -0.116. The molecule has 1 N–H and O–H groups in total. The summed E-state index contributed by atoms with van der Waals surface area (Å²) in [4.78, 5) is 12.4. The van der Waals surface area contributed by atoms with Gasteiger partial charge >= 0.3 is 0 Å². The van der Waals surface area contributed by atoms with Gasteiger partial charge in [0.25, 0.3) is 0 Å². The Hall–Kier alpha value is -2.12. The quantitative estimate of drug-likeness (QED) is 0.878. The molecule has 0 aliphatic carbocycles. The molecular formula is C16H16ClFN2O3S. The van der Waals surface area contributed by atoms with E-state index < -0.39 is 27.8 Å². The Balaban J connectivity index is 2.33. The first-order chi connectivity index (χ1) is 11.2. The number of rotatable bonds is 5. The van der Waals surface area contributed by atoms with E-state index in [9.17, 15) is 17.6 Å². The Morgan fingerprint density at radius 1 is 1.21 bits per heavy atom. The molecule has 0 spiro atoms. The number of nitrogens with one attached hydrogen (secondary N) is 1. The molecular weight excluding hydrogens is 355 g/mol. The van der Waals surface area contributed by atoms with Crippen molar-refractivity contribution in [1.29, 1.82) is 0 Å². The van der Waals surface area contributed by atoms with Gasteiger partial charge in [-0.3, -0.25) is 9.10 Å². The summed E-state index contributed by atoms with van der Waals surface area (Å²) in [5.41, 5.74) is 0.433. The van der Waals surface area contributed by atoms with E-state index in [1.165, 1.54) is 25.1 Å². The Labute approximate surface area is 145 Å². The van der Waals surface area contributed by atoms with Crippen molar-refractivity contribution in [2.45, 2.75) is 13.0 Å². The average Bonchev–Trinajstić information content (AvgIpc) is 2.48. The topological polar surface area (TPSA) is 66.5 Å². The minimum absolute atomic E-state index is 0.0688. The summed E-state index contributed by atoms with van der Waals surface area (Å²) in [6.45, 7) is 1.41. The highest BCUT2D eigenvalue weighted by molar-refractivity contribution is 7.92. The van der Waals surface area contributed by atoms with E-state index in [1.807, 2.05) is 0 Å². The van der Waals surface area contributed by atoms with Crippen molar-refractivity contribution in [1.82, 2.24) is 0 Å². The van der Waals surface area contributed by atoms with Crippen LogP contribution in [-0.4, -0.2) is 26.6 Å². The van der Waals surface area contributed by atoms with E-state index in [2.05, 4.69) is 5.32 Å². The van der Waals surface area contributed by atoms with Gasteiger partial charge in [-0.15, -0.1) is 0 Å².